The van der Waals surface area contributed by atoms with Crippen LogP contribution in [0.5, 0.6) is 0 Å². The number of hydrogen-bond acceptors (Lipinski definition) is 6. The van der Waals surface area contributed by atoms with Crippen LogP contribution in [0.25, 0.3) is 43.0 Å². The van der Waals surface area contributed by atoms with Crippen LogP contribution in [0, 0.1) is 45.3 Å². The summed E-state index contributed by atoms with van der Waals surface area (Å²) in [5.74, 6) is 0. The molecule has 0 fully saturated rings. The monoisotopic (exact) mass is 488 g/mol. The largest absolute Gasteiger partial charge is 0.343 e. The van der Waals surface area contributed by atoms with Crippen molar-refractivity contribution in [3.63, 3.8) is 0 Å². The van der Waals surface area contributed by atoms with Gasteiger partial charge in [0.15, 0.2) is 0 Å². The maximum absolute atomic E-state index is 9.06. The molecule has 6 nitrogen and oxygen atoms in total. The summed E-state index contributed by atoms with van der Waals surface area (Å²) in [5, 5.41) is 36.2. The van der Waals surface area contributed by atoms with Gasteiger partial charge in [0, 0.05) is 41.7 Å². The second kappa shape index (κ2) is 8.64. The van der Waals surface area contributed by atoms with Gasteiger partial charge in [-0.1, -0.05) is 0 Å². The normalized spacial score (nSPS) is 10.9. The van der Waals surface area contributed by atoms with Gasteiger partial charge < -0.3 is 9.13 Å². The van der Waals surface area contributed by atoms with Crippen molar-refractivity contribution >= 4 is 34.8 Å². The first-order valence-corrected chi connectivity index (χ1v) is 12.2. The molecule has 0 unspecified atom stereocenters. The van der Waals surface area contributed by atoms with Crippen molar-refractivity contribution in [2.45, 2.75) is 6.42 Å². The number of aromatic nitrogens is 2. The summed E-state index contributed by atoms with van der Waals surface area (Å²) in [4.78, 5) is 4.87. The minimum Gasteiger partial charge on any atom is -0.343 e. The highest BCUT2D eigenvalue weighted by atomic mass is 32.1. The van der Waals surface area contributed by atoms with Gasteiger partial charge in [-0.2, -0.15) is 21.0 Å². The number of nitrogens with zero attached hydrogens (tertiary/aromatic N) is 6. The van der Waals surface area contributed by atoms with Gasteiger partial charge in [0.25, 0.3) is 0 Å². The number of thiophene rings is 2. The van der Waals surface area contributed by atoms with E-state index in [1.165, 1.54) is 20.9 Å². The molecule has 4 heterocycles. The third-order valence-electron chi connectivity index (χ3n) is 6.10. The van der Waals surface area contributed by atoms with E-state index in [0.29, 0.717) is 0 Å². The molecule has 8 heteroatoms. The number of allylic oxidation sites excluding steroid dienone is 2. The fourth-order valence-electron chi connectivity index (χ4n) is 4.28. The van der Waals surface area contributed by atoms with Gasteiger partial charge in [-0.05, 0) is 59.7 Å². The van der Waals surface area contributed by atoms with Gasteiger partial charge in [-0.3, -0.25) is 0 Å². The third kappa shape index (κ3) is 3.68. The summed E-state index contributed by atoms with van der Waals surface area (Å²) in [6.45, 7) is 0. The molecular weight excluding hydrogens is 472 g/mol. The van der Waals surface area contributed by atoms with Crippen LogP contribution in [-0.2, 0) is 20.5 Å². The van der Waals surface area contributed by atoms with Crippen molar-refractivity contribution in [3.8, 4) is 55.2 Å². The van der Waals surface area contributed by atoms with Gasteiger partial charge >= 0.3 is 0 Å². The van der Waals surface area contributed by atoms with Crippen LogP contribution in [0.15, 0.2) is 47.5 Å². The summed E-state index contributed by atoms with van der Waals surface area (Å²) in [6.07, 6.45) is 4.09. The van der Waals surface area contributed by atoms with Crippen LogP contribution >= 0.6 is 22.7 Å². The minimum atomic E-state index is 0.0815. The smallest absolute Gasteiger partial charge is 0.131 e. The Morgan fingerprint density at radius 1 is 0.714 bits per heavy atom. The lowest BCUT2D eigenvalue weighted by molar-refractivity contribution is 0.925. The second-order valence-corrected chi connectivity index (χ2v) is 10.2. The molecule has 0 saturated heterocycles. The molecule has 0 atom stereocenters. The van der Waals surface area contributed by atoms with Gasteiger partial charge in [0.2, 0.25) is 0 Å². The molecule has 0 spiro atoms. The molecule has 166 valence electrons. The summed E-state index contributed by atoms with van der Waals surface area (Å²) < 4.78 is 4.01. The van der Waals surface area contributed by atoms with Crippen LogP contribution in [0.1, 0.15) is 22.5 Å². The summed E-state index contributed by atoms with van der Waals surface area (Å²) in [5.41, 5.74) is 6.52. The lowest BCUT2D eigenvalue weighted by atomic mass is 10.2. The second-order valence-electron chi connectivity index (χ2n) is 8.07. The van der Waals surface area contributed by atoms with Crippen LogP contribution < -0.4 is 0 Å². The lowest BCUT2D eigenvalue weighted by Crippen LogP contribution is -1.93. The molecular formula is C27H16N6S2. The zero-order chi connectivity index (χ0) is 24.7. The highest BCUT2D eigenvalue weighted by Gasteiger charge is 2.26. The highest BCUT2D eigenvalue weighted by molar-refractivity contribution is 7.25. The maximum Gasteiger partial charge on any atom is 0.131 e. The van der Waals surface area contributed by atoms with E-state index in [9.17, 15) is 0 Å². The van der Waals surface area contributed by atoms with Crippen LogP contribution in [0.3, 0.4) is 0 Å². The highest BCUT2D eigenvalue weighted by Crippen LogP contribution is 2.50. The molecule has 0 saturated carbocycles. The van der Waals surface area contributed by atoms with Crippen LogP contribution in [0.2, 0.25) is 0 Å². The first kappa shape index (κ1) is 22.2. The Kier molecular flexibility index (Phi) is 5.48. The van der Waals surface area contributed by atoms with E-state index in [0.717, 1.165) is 39.0 Å². The summed E-state index contributed by atoms with van der Waals surface area (Å²) in [6, 6.07) is 20.0. The van der Waals surface area contributed by atoms with Gasteiger partial charge in [-0.15, -0.1) is 22.7 Å². The third-order valence-corrected chi connectivity index (χ3v) is 8.66. The molecule has 35 heavy (non-hydrogen) atoms. The van der Waals surface area contributed by atoms with Gasteiger partial charge in [-0.25, -0.2) is 0 Å². The molecule has 1 aliphatic rings. The van der Waals surface area contributed by atoms with E-state index >= 15 is 0 Å². The van der Waals surface area contributed by atoms with E-state index in [1.54, 1.807) is 34.8 Å². The van der Waals surface area contributed by atoms with Crippen molar-refractivity contribution < 1.29 is 0 Å². The zero-order valence-electron chi connectivity index (χ0n) is 18.8. The molecule has 4 aromatic rings. The zero-order valence-corrected chi connectivity index (χ0v) is 20.5. The lowest BCUT2D eigenvalue weighted by Gasteiger charge is -2.03. The maximum atomic E-state index is 9.06. The Hall–Kier alpha value is -4.60. The fraction of sp³-hybridized carbons (Fsp3) is 0.111. The Morgan fingerprint density at radius 3 is 1.49 bits per heavy atom. The average Bonchev–Trinajstić information content (AvgIpc) is 3.65. The predicted molar refractivity (Wildman–Crippen MR) is 138 cm³/mol. The number of hydrogen-bond donors (Lipinski definition) is 0. The average molecular weight is 489 g/mol. The van der Waals surface area contributed by atoms with Crippen molar-refractivity contribution in [3.05, 3.63) is 70.1 Å². The Labute approximate surface area is 210 Å². The van der Waals surface area contributed by atoms with Gasteiger partial charge in [0.1, 0.15) is 35.4 Å². The van der Waals surface area contributed by atoms with E-state index in [2.05, 4.69) is 12.1 Å². The van der Waals surface area contributed by atoms with Crippen molar-refractivity contribution in [1.82, 2.24) is 9.13 Å². The topological polar surface area (TPSA) is 105 Å². The molecule has 0 aliphatic heterocycles. The van der Waals surface area contributed by atoms with E-state index in [4.69, 9.17) is 21.0 Å². The molecule has 0 N–H and O–H groups in total. The quantitative estimate of drug-likeness (QED) is 0.279. The molecule has 0 aromatic carbocycles. The molecule has 1 aliphatic carbocycles. The SMILES string of the molecule is Cn1c(C=C(C#N)C#N)ccc1-c1cc2c(s1)-c1sc(-c3ccc(C=C(C#N)C#N)n3C)cc1C2. The van der Waals surface area contributed by atoms with Crippen LogP contribution in [0.4, 0.5) is 0 Å². The van der Waals surface area contributed by atoms with Gasteiger partial charge in [0.05, 0.1) is 21.1 Å². The molecule has 0 bridgehead atoms. The Bertz CT molecular complexity index is 1580. The Balaban J connectivity index is 1.48. The van der Waals surface area contributed by atoms with Crippen molar-refractivity contribution in [1.29, 1.82) is 21.0 Å². The number of rotatable bonds is 4. The minimum absolute atomic E-state index is 0.0815. The molecule has 5 rings (SSSR count). The van der Waals surface area contributed by atoms with Crippen LogP contribution in [-0.4, -0.2) is 9.13 Å². The summed E-state index contributed by atoms with van der Waals surface area (Å²) >= 11 is 3.52. The van der Waals surface area contributed by atoms with E-state index in [-0.39, 0.29) is 11.1 Å². The molecule has 0 amide bonds. The fourth-order valence-corrected chi connectivity index (χ4v) is 6.96. The number of nitriles is 4. The standard InChI is InChI=1S/C27H16N6S2/c1-32-20(7-16(12-28)13-29)3-5-22(32)24-10-18-9-19-11-25(35-27(19)26(18)34-24)23-6-4-21(33(23)2)8-17(14-30)15-31/h3-8,10-11H,9H2,1-2H3. The first-order valence-electron chi connectivity index (χ1n) is 10.6. The molecule has 0 radical (unpaired) electrons. The number of fused-ring (bicyclic) bond motifs is 3. The van der Waals surface area contributed by atoms with E-state index < -0.39 is 0 Å². The summed E-state index contributed by atoms with van der Waals surface area (Å²) in [7, 11) is 3.89. The Morgan fingerprint density at radius 2 is 1.11 bits per heavy atom. The first-order chi connectivity index (χ1) is 17.0. The van der Waals surface area contributed by atoms with Crippen molar-refractivity contribution in [2.75, 3.05) is 0 Å². The predicted octanol–water partition coefficient (Wildman–Crippen LogP) is 6.25. The molecule has 4 aromatic heterocycles. The van der Waals surface area contributed by atoms with Crippen molar-refractivity contribution in [2.24, 2.45) is 14.1 Å². The van der Waals surface area contributed by atoms with E-state index in [1.807, 2.05) is 71.8 Å².